The van der Waals surface area contributed by atoms with Gasteiger partial charge in [0.05, 0.1) is 6.20 Å². The molecule has 1 saturated carbocycles. The van der Waals surface area contributed by atoms with Crippen molar-refractivity contribution in [3.8, 4) is 0 Å². The van der Waals surface area contributed by atoms with Crippen molar-refractivity contribution in [2.45, 2.75) is 53.0 Å². The number of fused-ring (bicyclic) bond motifs is 1. The van der Waals surface area contributed by atoms with Crippen molar-refractivity contribution < 1.29 is 4.79 Å². The first-order valence-electron chi connectivity index (χ1n) is 10.3. The summed E-state index contributed by atoms with van der Waals surface area (Å²) < 4.78 is 1.78. The highest BCUT2D eigenvalue weighted by Gasteiger charge is 2.34. The number of aromatic nitrogens is 3. The molecule has 4 rings (SSSR count). The standard InChI is InChI=1S/C21H31N5O/c1-14(2)19-13-25(9-5-8-24(19)12-17-6-7-17)21(27)18-11-22-26-16(4)10-15(3)23-20(18)26/h10-11,14,17,19H,5-9,12-13H2,1-4H3/t19-/m1/s1. The lowest BCUT2D eigenvalue weighted by Crippen LogP contribution is -2.46. The van der Waals surface area contributed by atoms with E-state index in [1.807, 2.05) is 24.8 Å². The molecule has 2 fully saturated rings. The maximum absolute atomic E-state index is 13.4. The Balaban J connectivity index is 1.59. The molecular weight excluding hydrogens is 338 g/mol. The van der Waals surface area contributed by atoms with Gasteiger partial charge in [-0.15, -0.1) is 0 Å². The summed E-state index contributed by atoms with van der Waals surface area (Å²) in [5.41, 5.74) is 3.22. The monoisotopic (exact) mass is 369 g/mol. The highest BCUT2D eigenvalue weighted by molar-refractivity contribution is 5.99. The Morgan fingerprint density at radius 1 is 1.26 bits per heavy atom. The predicted octanol–water partition coefficient (Wildman–Crippen LogP) is 2.93. The van der Waals surface area contributed by atoms with Crippen molar-refractivity contribution in [2.24, 2.45) is 11.8 Å². The van der Waals surface area contributed by atoms with Gasteiger partial charge in [-0.1, -0.05) is 13.8 Å². The van der Waals surface area contributed by atoms with E-state index in [-0.39, 0.29) is 5.91 Å². The van der Waals surface area contributed by atoms with Crippen LogP contribution in [0.1, 0.15) is 54.9 Å². The van der Waals surface area contributed by atoms with Crippen molar-refractivity contribution in [3.63, 3.8) is 0 Å². The van der Waals surface area contributed by atoms with E-state index in [0.717, 1.165) is 43.4 Å². The van der Waals surface area contributed by atoms with Crippen LogP contribution in [0, 0.1) is 25.7 Å². The Morgan fingerprint density at radius 3 is 2.74 bits per heavy atom. The Labute approximate surface area is 161 Å². The molecule has 27 heavy (non-hydrogen) atoms. The van der Waals surface area contributed by atoms with Crippen molar-refractivity contribution in [1.29, 1.82) is 0 Å². The van der Waals surface area contributed by atoms with Crippen LogP contribution in [-0.2, 0) is 0 Å². The van der Waals surface area contributed by atoms with Crippen LogP contribution < -0.4 is 0 Å². The Bertz CT molecular complexity index is 838. The SMILES string of the molecule is Cc1cc(C)n2ncc(C(=O)N3CCCN(CC4CC4)[C@@H](C(C)C)C3)c2n1. The van der Waals surface area contributed by atoms with Crippen LogP contribution in [0.25, 0.3) is 5.65 Å². The van der Waals surface area contributed by atoms with Gasteiger partial charge in [0.25, 0.3) is 5.91 Å². The Kier molecular flexibility index (Phi) is 4.93. The van der Waals surface area contributed by atoms with E-state index >= 15 is 0 Å². The molecular formula is C21H31N5O. The van der Waals surface area contributed by atoms with Crippen LogP contribution >= 0.6 is 0 Å². The number of hydrogen-bond donors (Lipinski definition) is 0. The summed E-state index contributed by atoms with van der Waals surface area (Å²) in [6.45, 7) is 12.4. The number of rotatable bonds is 4. The van der Waals surface area contributed by atoms with Crippen LogP contribution in [0.15, 0.2) is 12.3 Å². The third kappa shape index (κ3) is 3.72. The van der Waals surface area contributed by atoms with Crippen molar-refractivity contribution in [3.05, 3.63) is 29.2 Å². The van der Waals surface area contributed by atoms with Gasteiger partial charge in [-0.05, 0) is 51.0 Å². The molecule has 0 aromatic carbocycles. The molecule has 6 heteroatoms. The second-order valence-corrected chi connectivity index (χ2v) is 8.69. The average Bonchev–Trinajstić information content (AvgIpc) is 3.36. The molecule has 6 nitrogen and oxygen atoms in total. The second-order valence-electron chi connectivity index (χ2n) is 8.69. The van der Waals surface area contributed by atoms with Gasteiger partial charge in [0.15, 0.2) is 5.65 Å². The third-order valence-corrected chi connectivity index (χ3v) is 6.00. The van der Waals surface area contributed by atoms with Gasteiger partial charge >= 0.3 is 0 Å². The Morgan fingerprint density at radius 2 is 2.04 bits per heavy atom. The normalized spacial score (nSPS) is 21.8. The molecule has 0 N–H and O–H groups in total. The topological polar surface area (TPSA) is 53.7 Å². The quantitative estimate of drug-likeness (QED) is 0.831. The number of hydrogen-bond acceptors (Lipinski definition) is 4. The van der Waals surface area contributed by atoms with Crippen molar-refractivity contribution in [1.82, 2.24) is 24.4 Å². The summed E-state index contributed by atoms with van der Waals surface area (Å²) in [6.07, 6.45) is 5.47. The third-order valence-electron chi connectivity index (χ3n) is 6.00. The highest BCUT2D eigenvalue weighted by Crippen LogP contribution is 2.32. The largest absolute Gasteiger partial charge is 0.337 e. The fraction of sp³-hybridized carbons (Fsp3) is 0.667. The van der Waals surface area contributed by atoms with Crippen molar-refractivity contribution >= 4 is 11.6 Å². The van der Waals surface area contributed by atoms with E-state index in [0.29, 0.717) is 23.2 Å². The van der Waals surface area contributed by atoms with Crippen LogP contribution in [-0.4, -0.2) is 62.5 Å². The smallest absolute Gasteiger partial charge is 0.259 e. The molecule has 1 amide bonds. The summed E-state index contributed by atoms with van der Waals surface area (Å²) in [5.74, 6) is 1.48. The Hall–Kier alpha value is -1.95. The van der Waals surface area contributed by atoms with Crippen LogP contribution in [0.5, 0.6) is 0 Å². The zero-order valence-electron chi connectivity index (χ0n) is 17.0. The van der Waals surface area contributed by atoms with Gasteiger partial charge in [0.1, 0.15) is 5.56 Å². The molecule has 146 valence electrons. The van der Waals surface area contributed by atoms with E-state index in [1.165, 1.54) is 19.4 Å². The fourth-order valence-electron chi connectivity index (χ4n) is 4.33. The number of nitrogens with zero attached hydrogens (tertiary/aromatic N) is 5. The van der Waals surface area contributed by atoms with Gasteiger partial charge in [0.2, 0.25) is 0 Å². The maximum Gasteiger partial charge on any atom is 0.259 e. The first kappa shape index (κ1) is 18.4. The summed E-state index contributed by atoms with van der Waals surface area (Å²) in [4.78, 5) is 22.6. The van der Waals surface area contributed by atoms with Crippen LogP contribution in [0.2, 0.25) is 0 Å². The average molecular weight is 370 g/mol. The minimum atomic E-state index is 0.0708. The minimum Gasteiger partial charge on any atom is -0.337 e. The molecule has 2 aliphatic rings. The molecule has 1 aliphatic heterocycles. The van der Waals surface area contributed by atoms with Crippen LogP contribution in [0.3, 0.4) is 0 Å². The van der Waals surface area contributed by atoms with Gasteiger partial charge in [-0.3, -0.25) is 9.69 Å². The molecule has 0 spiro atoms. The van der Waals surface area contributed by atoms with Gasteiger partial charge in [-0.2, -0.15) is 5.10 Å². The number of carbonyl (C=O) groups is 1. The van der Waals surface area contributed by atoms with Gasteiger partial charge in [0, 0.05) is 43.6 Å². The molecule has 2 aromatic heterocycles. The predicted molar refractivity (Wildman–Crippen MR) is 106 cm³/mol. The lowest BCUT2D eigenvalue weighted by Gasteiger charge is -2.34. The summed E-state index contributed by atoms with van der Waals surface area (Å²) in [6, 6.07) is 2.42. The summed E-state index contributed by atoms with van der Waals surface area (Å²) >= 11 is 0. The molecule has 1 saturated heterocycles. The van der Waals surface area contributed by atoms with Gasteiger partial charge in [-0.25, -0.2) is 9.50 Å². The summed E-state index contributed by atoms with van der Waals surface area (Å²) in [5, 5.41) is 4.41. The van der Waals surface area contributed by atoms with Crippen LogP contribution in [0.4, 0.5) is 0 Å². The number of carbonyl (C=O) groups excluding carboxylic acids is 1. The minimum absolute atomic E-state index is 0.0708. The molecule has 2 aromatic rings. The highest BCUT2D eigenvalue weighted by atomic mass is 16.2. The molecule has 3 heterocycles. The lowest BCUT2D eigenvalue weighted by molar-refractivity contribution is 0.0706. The van der Waals surface area contributed by atoms with Gasteiger partial charge < -0.3 is 4.90 Å². The zero-order chi connectivity index (χ0) is 19.1. The first-order chi connectivity index (χ1) is 12.9. The second kappa shape index (κ2) is 7.23. The first-order valence-corrected chi connectivity index (χ1v) is 10.3. The number of aryl methyl sites for hydroxylation is 2. The molecule has 0 unspecified atom stereocenters. The summed E-state index contributed by atoms with van der Waals surface area (Å²) in [7, 11) is 0. The fourth-order valence-corrected chi connectivity index (χ4v) is 4.33. The van der Waals surface area contributed by atoms with E-state index < -0.39 is 0 Å². The lowest BCUT2D eigenvalue weighted by atomic mass is 10.0. The molecule has 0 radical (unpaired) electrons. The maximum atomic E-state index is 13.4. The molecule has 1 atom stereocenters. The van der Waals surface area contributed by atoms with E-state index in [2.05, 4.69) is 28.8 Å². The zero-order valence-corrected chi connectivity index (χ0v) is 17.0. The van der Waals surface area contributed by atoms with E-state index in [1.54, 1.807) is 10.7 Å². The van der Waals surface area contributed by atoms with Crippen molar-refractivity contribution in [2.75, 3.05) is 26.2 Å². The van der Waals surface area contributed by atoms with E-state index in [9.17, 15) is 4.79 Å². The molecule has 0 bridgehead atoms. The molecule has 1 aliphatic carbocycles. The number of amides is 1. The van der Waals surface area contributed by atoms with E-state index in [4.69, 9.17) is 0 Å².